The van der Waals surface area contributed by atoms with Crippen LogP contribution in [-0.2, 0) is 6.18 Å². The first-order valence-electron chi connectivity index (χ1n) is 8.35. The molecule has 0 spiro atoms. The minimum absolute atomic E-state index is 0.00612. The molecule has 2 heterocycles. The quantitative estimate of drug-likeness (QED) is 0.610. The van der Waals surface area contributed by atoms with Crippen LogP contribution in [0.1, 0.15) is 39.1 Å². The molecule has 0 radical (unpaired) electrons. The van der Waals surface area contributed by atoms with Crippen molar-refractivity contribution < 1.29 is 22.7 Å². The van der Waals surface area contributed by atoms with Crippen LogP contribution in [0.2, 0.25) is 0 Å². The minimum atomic E-state index is -4.53. The summed E-state index contributed by atoms with van der Waals surface area (Å²) >= 11 is 0. The van der Waals surface area contributed by atoms with Crippen molar-refractivity contribution in [2.24, 2.45) is 10.9 Å². The van der Waals surface area contributed by atoms with Gasteiger partial charge in [-0.25, -0.2) is 9.37 Å². The molecule has 0 amide bonds. The molecule has 1 N–H and O–H groups in total. The molecule has 2 aromatic heterocycles. The number of hydrogen-bond donors (Lipinski definition) is 1. The second-order valence-corrected chi connectivity index (χ2v) is 7.11. The number of aromatic nitrogens is 2. The Bertz CT molecular complexity index is 809. The molecule has 0 aromatic carbocycles. The third-order valence-corrected chi connectivity index (χ3v) is 3.94. The fraction of sp³-hybridized carbons (Fsp3) is 0.421. The molecular formula is C19H21F4N3O. The molecule has 0 saturated heterocycles. The van der Waals surface area contributed by atoms with Crippen molar-refractivity contribution in [3.63, 3.8) is 0 Å². The van der Waals surface area contributed by atoms with Crippen molar-refractivity contribution in [2.45, 2.75) is 45.5 Å². The number of hydrogen-bond acceptors (Lipinski definition) is 4. The number of halogens is 4. The molecule has 0 aliphatic carbocycles. The van der Waals surface area contributed by atoms with E-state index in [0.717, 1.165) is 18.3 Å². The van der Waals surface area contributed by atoms with E-state index < -0.39 is 29.3 Å². The van der Waals surface area contributed by atoms with Crippen molar-refractivity contribution >= 4 is 6.21 Å². The summed E-state index contributed by atoms with van der Waals surface area (Å²) in [7, 11) is 0. The van der Waals surface area contributed by atoms with Gasteiger partial charge in [-0.3, -0.25) is 9.98 Å². The molecule has 0 unspecified atom stereocenters. The first-order chi connectivity index (χ1) is 12.4. The van der Waals surface area contributed by atoms with Gasteiger partial charge in [0.25, 0.3) is 0 Å². The predicted molar refractivity (Wildman–Crippen MR) is 94.9 cm³/mol. The minimum Gasteiger partial charge on any atom is -0.388 e. The number of aliphatic imine (C=N–C) groups is 1. The zero-order valence-electron chi connectivity index (χ0n) is 15.4. The normalized spacial score (nSPS) is 14.1. The lowest BCUT2D eigenvalue weighted by atomic mass is 9.90. The Morgan fingerprint density at radius 3 is 2.26 bits per heavy atom. The van der Waals surface area contributed by atoms with Crippen LogP contribution in [0.4, 0.5) is 17.6 Å². The number of rotatable bonds is 5. The maximum absolute atomic E-state index is 14.1. The second kappa shape index (κ2) is 7.72. The summed E-state index contributed by atoms with van der Waals surface area (Å²) < 4.78 is 51.9. The second-order valence-electron chi connectivity index (χ2n) is 7.11. The summed E-state index contributed by atoms with van der Waals surface area (Å²) in [5.74, 6) is -0.618. The van der Waals surface area contributed by atoms with Crippen LogP contribution in [0.3, 0.4) is 0 Å². The van der Waals surface area contributed by atoms with Crippen LogP contribution in [0.15, 0.2) is 35.5 Å². The lowest BCUT2D eigenvalue weighted by Gasteiger charge is -2.29. The molecule has 0 bridgehead atoms. The predicted octanol–water partition coefficient (Wildman–Crippen LogP) is 4.52. The van der Waals surface area contributed by atoms with E-state index in [1.165, 1.54) is 18.3 Å². The van der Waals surface area contributed by atoms with Gasteiger partial charge in [-0.15, -0.1) is 0 Å². The third-order valence-electron chi connectivity index (χ3n) is 3.94. The van der Waals surface area contributed by atoms with Gasteiger partial charge >= 0.3 is 6.18 Å². The highest BCUT2D eigenvalue weighted by molar-refractivity contribution is 5.79. The van der Waals surface area contributed by atoms with Gasteiger partial charge in [0.05, 0.1) is 23.6 Å². The van der Waals surface area contributed by atoms with Gasteiger partial charge < -0.3 is 5.11 Å². The smallest absolute Gasteiger partial charge is 0.388 e. The van der Waals surface area contributed by atoms with Crippen LogP contribution in [-0.4, -0.2) is 32.9 Å². The maximum atomic E-state index is 14.1. The van der Waals surface area contributed by atoms with E-state index in [9.17, 15) is 22.7 Å². The third kappa shape index (κ3) is 5.32. The summed E-state index contributed by atoms with van der Waals surface area (Å²) in [4.78, 5) is 11.8. The van der Waals surface area contributed by atoms with Crippen LogP contribution in [0, 0.1) is 11.7 Å². The van der Waals surface area contributed by atoms with E-state index in [2.05, 4.69) is 15.0 Å². The highest BCUT2D eigenvalue weighted by Gasteiger charge is 2.32. The van der Waals surface area contributed by atoms with Gasteiger partial charge in [0.2, 0.25) is 0 Å². The molecule has 27 heavy (non-hydrogen) atoms. The standard InChI is InChI=1S/C19H21F4N3O/c1-11(2)17(18(3,4)27)25-10-15-13(20)6-7-14(26-15)12-5-8-16(24-9-12)19(21,22)23/h5-11,17,27H,1-4H3/t17-/m1/s1. The van der Waals surface area contributed by atoms with Gasteiger partial charge in [-0.2, -0.15) is 13.2 Å². The van der Waals surface area contributed by atoms with Crippen molar-refractivity contribution in [2.75, 3.05) is 0 Å². The summed E-state index contributed by atoms with van der Waals surface area (Å²) in [6.07, 6.45) is -2.26. The average Bonchev–Trinajstić information content (AvgIpc) is 2.54. The van der Waals surface area contributed by atoms with Crippen molar-refractivity contribution in [3.05, 3.63) is 47.7 Å². The summed E-state index contributed by atoms with van der Waals surface area (Å²) in [6, 6.07) is 4.11. The molecule has 0 aliphatic heterocycles. The Kier molecular flexibility index (Phi) is 5.99. The zero-order chi connectivity index (χ0) is 20.4. The molecule has 1 atom stereocenters. The van der Waals surface area contributed by atoms with Crippen LogP contribution in [0.5, 0.6) is 0 Å². The fourth-order valence-corrected chi connectivity index (χ4v) is 2.74. The zero-order valence-corrected chi connectivity index (χ0v) is 15.4. The highest BCUT2D eigenvalue weighted by Crippen LogP contribution is 2.28. The first-order valence-corrected chi connectivity index (χ1v) is 8.35. The molecule has 0 fully saturated rings. The van der Waals surface area contributed by atoms with Crippen molar-refractivity contribution in [1.82, 2.24) is 9.97 Å². The van der Waals surface area contributed by atoms with Gasteiger partial charge in [0.1, 0.15) is 17.2 Å². The van der Waals surface area contributed by atoms with E-state index in [-0.39, 0.29) is 17.3 Å². The van der Waals surface area contributed by atoms with E-state index in [0.29, 0.717) is 5.56 Å². The summed E-state index contributed by atoms with van der Waals surface area (Å²) in [5.41, 5.74) is -1.60. The Labute approximate surface area is 155 Å². The van der Waals surface area contributed by atoms with Crippen LogP contribution >= 0.6 is 0 Å². The van der Waals surface area contributed by atoms with E-state index >= 15 is 0 Å². The number of nitrogens with zero attached hydrogens (tertiary/aromatic N) is 3. The topological polar surface area (TPSA) is 58.4 Å². The largest absolute Gasteiger partial charge is 0.433 e. The molecule has 2 rings (SSSR count). The first kappa shape index (κ1) is 21.0. The van der Waals surface area contributed by atoms with Gasteiger partial charge in [0.15, 0.2) is 0 Å². The van der Waals surface area contributed by atoms with Crippen molar-refractivity contribution in [3.8, 4) is 11.3 Å². The maximum Gasteiger partial charge on any atom is 0.433 e. The Hall–Kier alpha value is -2.35. The molecule has 0 saturated carbocycles. The molecule has 146 valence electrons. The van der Waals surface area contributed by atoms with Gasteiger partial charge in [-0.05, 0) is 44.0 Å². The number of pyridine rings is 2. The van der Waals surface area contributed by atoms with Gasteiger partial charge in [-0.1, -0.05) is 13.8 Å². The Morgan fingerprint density at radius 1 is 1.11 bits per heavy atom. The Balaban J connectivity index is 2.35. The number of aliphatic hydroxyl groups is 1. The molecule has 2 aromatic rings. The van der Waals surface area contributed by atoms with E-state index in [1.807, 2.05) is 13.8 Å². The molecule has 0 aliphatic rings. The monoisotopic (exact) mass is 383 g/mol. The SMILES string of the molecule is CC(C)[C@@H](N=Cc1nc(-c2ccc(C(F)(F)F)nc2)ccc1F)C(C)(C)O. The van der Waals surface area contributed by atoms with Crippen molar-refractivity contribution in [1.29, 1.82) is 0 Å². The lowest BCUT2D eigenvalue weighted by molar-refractivity contribution is -0.141. The van der Waals surface area contributed by atoms with E-state index in [4.69, 9.17) is 0 Å². The summed E-state index contributed by atoms with van der Waals surface area (Å²) in [6.45, 7) is 6.99. The van der Waals surface area contributed by atoms with Crippen LogP contribution in [0.25, 0.3) is 11.3 Å². The van der Waals surface area contributed by atoms with E-state index in [1.54, 1.807) is 13.8 Å². The highest BCUT2D eigenvalue weighted by atomic mass is 19.4. The number of alkyl halides is 3. The molecular weight excluding hydrogens is 362 g/mol. The lowest BCUT2D eigenvalue weighted by Crippen LogP contribution is -2.38. The Morgan fingerprint density at radius 2 is 1.78 bits per heavy atom. The molecule has 4 nitrogen and oxygen atoms in total. The molecule has 8 heteroatoms. The average molecular weight is 383 g/mol. The van der Waals surface area contributed by atoms with Crippen LogP contribution < -0.4 is 0 Å². The summed E-state index contributed by atoms with van der Waals surface area (Å²) in [5, 5.41) is 10.2. The fourth-order valence-electron chi connectivity index (χ4n) is 2.74. The van der Waals surface area contributed by atoms with Gasteiger partial charge in [0, 0.05) is 11.8 Å².